The third kappa shape index (κ3) is 2.09. The van der Waals surface area contributed by atoms with Gasteiger partial charge in [-0.3, -0.25) is 4.49 Å². The van der Waals surface area contributed by atoms with Crippen molar-refractivity contribution in [3.8, 4) is 0 Å². The van der Waals surface area contributed by atoms with Crippen molar-refractivity contribution in [2.45, 2.75) is 41.0 Å². The molecule has 2 aromatic rings. The summed E-state index contributed by atoms with van der Waals surface area (Å²) in [5.41, 5.74) is 12.3. The number of rotatable bonds is 2. The predicted octanol–water partition coefficient (Wildman–Crippen LogP) is 3.75. The van der Waals surface area contributed by atoms with Gasteiger partial charge in [-0.25, -0.2) is 0 Å². The van der Waals surface area contributed by atoms with E-state index in [0.29, 0.717) is 0 Å². The molecule has 0 N–H and O–H groups in total. The standard InChI is InChI=1S/C21H22B2N2/c1-6-17-12(2)20-18(16-10-8-7-9-11-16)21-13(3)19(22)15(5)25(21)23-24(20)14(17)4/h7-11H,6H2,1-5H3/q+1. The monoisotopic (exact) mass is 324 g/mol. The summed E-state index contributed by atoms with van der Waals surface area (Å²) in [6, 6.07) is 10.7. The van der Waals surface area contributed by atoms with Crippen molar-refractivity contribution in [2.75, 3.05) is 0 Å². The van der Waals surface area contributed by atoms with Crippen LogP contribution >= 0.6 is 0 Å². The Morgan fingerprint density at radius 2 is 1.76 bits per heavy atom. The highest BCUT2D eigenvalue weighted by Crippen LogP contribution is 2.41. The van der Waals surface area contributed by atoms with Crippen molar-refractivity contribution >= 4 is 26.7 Å². The Labute approximate surface area is 152 Å². The summed E-state index contributed by atoms with van der Waals surface area (Å²) < 4.78 is 4.60. The van der Waals surface area contributed by atoms with E-state index in [9.17, 15) is 0 Å². The highest BCUT2D eigenvalue weighted by atomic mass is 15.1. The zero-order chi connectivity index (χ0) is 17.9. The molecule has 0 atom stereocenters. The van der Waals surface area contributed by atoms with Gasteiger partial charge in [0.1, 0.15) is 13.6 Å². The third-order valence-corrected chi connectivity index (χ3v) is 5.72. The van der Waals surface area contributed by atoms with Gasteiger partial charge in [-0.2, -0.15) is 0 Å². The first-order valence-electron chi connectivity index (χ1n) is 8.92. The topological polar surface area (TPSA) is 7.94 Å². The fourth-order valence-electron chi connectivity index (χ4n) is 4.32. The van der Waals surface area contributed by atoms with E-state index in [0.717, 1.165) is 23.2 Å². The van der Waals surface area contributed by atoms with Gasteiger partial charge < -0.3 is 4.48 Å². The van der Waals surface area contributed by atoms with Crippen molar-refractivity contribution in [2.24, 2.45) is 0 Å². The fourth-order valence-corrected chi connectivity index (χ4v) is 4.32. The van der Waals surface area contributed by atoms with Gasteiger partial charge in [0.05, 0.1) is 11.3 Å². The molecule has 3 radical (unpaired) electrons. The molecule has 2 nitrogen and oxygen atoms in total. The molecular formula is C21H22B2N2+. The largest absolute Gasteiger partial charge is 0.699 e. The first-order valence-corrected chi connectivity index (χ1v) is 8.92. The molecule has 2 aliphatic heterocycles. The molecule has 0 aliphatic carbocycles. The highest BCUT2D eigenvalue weighted by molar-refractivity contribution is 6.41. The Morgan fingerprint density at radius 1 is 1.08 bits per heavy atom. The van der Waals surface area contributed by atoms with Crippen LogP contribution in [0.2, 0.25) is 0 Å². The lowest BCUT2D eigenvalue weighted by molar-refractivity contribution is -0.315. The first kappa shape index (κ1) is 16.3. The molecule has 2 aliphatic rings. The molecule has 0 saturated heterocycles. The Bertz CT molecular complexity index is 989. The molecule has 1 aromatic heterocycles. The van der Waals surface area contributed by atoms with Gasteiger partial charge >= 0.3 is 7.55 Å². The number of allylic oxidation sites excluding steroid dienone is 2. The molecule has 0 unspecified atom stereocenters. The number of nitrogens with zero attached hydrogens (tertiary/aromatic N) is 2. The molecular weight excluding hydrogens is 302 g/mol. The van der Waals surface area contributed by atoms with Crippen LogP contribution in [0.3, 0.4) is 0 Å². The van der Waals surface area contributed by atoms with Gasteiger partial charge in [0.15, 0.2) is 5.70 Å². The minimum absolute atomic E-state index is 0.886. The molecule has 0 bridgehead atoms. The lowest BCUT2D eigenvalue weighted by atomic mass is 9.86. The normalized spacial score (nSPS) is 16.4. The van der Waals surface area contributed by atoms with Crippen molar-refractivity contribution in [1.82, 2.24) is 4.48 Å². The molecule has 4 rings (SSSR count). The summed E-state index contributed by atoms with van der Waals surface area (Å²) in [7, 11) is 8.60. The van der Waals surface area contributed by atoms with Crippen molar-refractivity contribution in [3.63, 3.8) is 0 Å². The molecule has 3 heterocycles. The van der Waals surface area contributed by atoms with Crippen LogP contribution in [0.5, 0.6) is 0 Å². The van der Waals surface area contributed by atoms with Crippen LogP contribution in [0.25, 0.3) is 5.57 Å². The second-order valence-electron chi connectivity index (χ2n) is 6.96. The first-order chi connectivity index (χ1) is 12.0. The van der Waals surface area contributed by atoms with Crippen molar-refractivity contribution in [1.29, 1.82) is 0 Å². The zero-order valence-corrected chi connectivity index (χ0v) is 15.6. The summed E-state index contributed by atoms with van der Waals surface area (Å²) in [6.07, 6.45) is 1.04. The average molecular weight is 324 g/mol. The molecule has 0 amide bonds. The predicted molar refractivity (Wildman–Crippen MR) is 106 cm³/mol. The quantitative estimate of drug-likeness (QED) is 0.744. The van der Waals surface area contributed by atoms with E-state index in [-0.39, 0.29) is 0 Å². The van der Waals surface area contributed by atoms with E-state index >= 15 is 0 Å². The maximum atomic E-state index is 6.40. The van der Waals surface area contributed by atoms with Crippen LogP contribution in [-0.4, -0.2) is 30.1 Å². The second kappa shape index (κ2) is 5.66. The SMILES string of the molecule is [B]C1=C(C)C2=C(c3ccccc3)c3c(C)c(CC)c(C)n3[B][N+]2=C1C. The molecule has 0 saturated carbocycles. The summed E-state index contributed by atoms with van der Waals surface area (Å²) in [5.74, 6) is 0. The third-order valence-electron chi connectivity index (χ3n) is 5.72. The highest BCUT2D eigenvalue weighted by Gasteiger charge is 2.42. The lowest BCUT2D eigenvalue weighted by Crippen LogP contribution is -2.32. The number of aromatic nitrogens is 1. The van der Waals surface area contributed by atoms with Crippen LogP contribution in [0.15, 0.2) is 47.1 Å². The summed E-state index contributed by atoms with van der Waals surface area (Å²) in [5, 5.41) is 0. The lowest BCUT2D eigenvalue weighted by Gasteiger charge is -2.20. The number of fused-ring (bicyclic) bond motifs is 2. The van der Waals surface area contributed by atoms with Gasteiger partial charge in [0.2, 0.25) is 0 Å². The Hall–Kier alpha value is -2.22. The minimum atomic E-state index is 0.886. The number of hydrogen-bond donors (Lipinski definition) is 0. The smallest absolute Gasteiger partial charge is 0.322 e. The average Bonchev–Trinajstić information content (AvgIpc) is 3.00. The Morgan fingerprint density at radius 3 is 2.40 bits per heavy atom. The van der Waals surface area contributed by atoms with Crippen LogP contribution in [0.4, 0.5) is 0 Å². The van der Waals surface area contributed by atoms with E-state index in [2.05, 4.69) is 81.5 Å². The summed E-state index contributed by atoms with van der Waals surface area (Å²) >= 11 is 0. The molecule has 121 valence electrons. The Balaban J connectivity index is 2.15. The van der Waals surface area contributed by atoms with E-state index in [1.165, 1.54) is 39.3 Å². The number of benzene rings is 1. The minimum Gasteiger partial charge on any atom is -0.322 e. The number of hydrogen-bond acceptors (Lipinski definition) is 0. The molecule has 4 heteroatoms. The van der Waals surface area contributed by atoms with Gasteiger partial charge in [0.25, 0.3) is 0 Å². The second-order valence-corrected chi connectivity index (χ2v) is 6.96. The summed E-state index contributed by atoms with van der Waals surface area (Å²) in [6.45, 7) is 10.9. The van der Waals surface area contributed by atoms with E-state index in [1.54, 1.807) is 0 Å². The fraction of sp³-hybridized carbons (Fsp3) is 0.286. The van der Waals surface area contributed by atoms with Crippen LogP contribution in [0.1, 0.15) is 48.8 Å². The molecule has 25 heavy (non-hydrogen) atoms. The van der Waals surface area contributed by atoms with Crippen LogP contribution in [0, 0.1) is 13.8 Å². The van der Waals surface area contributed by atoms with Crippen LogP contribution in [-0.2, 0) is 6.42 Å². The Kier molecular flexibility index (Phi) is 3.68. The molecule has 1 aromatic carbocycles. The maximum absolute atomic E-state index is 6.40. The van der Waals surface area contributed by atoms with Gasteiger partial charge in [0, 0.05) is 18.2 Å². The van der Waals surface area contributed by atoms with Crippen LogP contribution < -0.4 is 0 Å². The van der Waals surface area contributed by atoms with Gasteiger partial charge in [-0.15, -0.1) is 0 Å². The van der Waals surface area contributed by atoms with Gasteiger partial charge in [-0.05, 0) is 49.4 Å². The zero-order valence-electron chi connectivity index (χ0n) is 15.6. The van der Waals surface area contributed by atoms with E-state index in [1.807, 2.05) is 0 Å². The van der Waals surface area contributed by atoms with Crippen molar-refractivity contribution < 1.29 is 4.49 Å². The molecule has 0 spiro atoms. The van der Waals surface area contributed by atoms with Gasteiger partial charge in [-0.1, -0.05) is 37.3 Å². The molecule has 0 fully saturated rings. The summed E-state index contributed by atoms with van der Waals surface area (Å²) in [4.78, 5) is 0. The maximum Gasteiger partial charge on any atom is 0.699 e. The van der Waals surface area contributed by atoms with E-state index in [4.69, 9.17) is 7.85 Å². The van der Waals surface area contributed by atoms with E-state index < -0.39 is 0 Å². The van der Waals surface area contributed by atoms with Crippen molar-refractivity contribution in [3.05, 3.63) is 75.2 Å².